The lowest BCUT2D eigenvalue weighted by Crippen LogP contribution is -2.38. The Labute approximate surface area is 145 Å². The van der Waals surface area contributed by atoms with Crippen LogP contribution in [0.25, 0.3) is 0 Å². The molecule has 8 heteroatoms. The predicted octanol–water partition coefficient (Wildman–Crippen LogP) is 2.78. The van der Waals surface area contributed by atoms with Gasteiger partial charge in [0, 0.05) is 17.2 Å². The maximum Gasteiger partial charge on any atom is 0.240 e. The Morgan fingerprint density at radius 1 is 1.42 bits per heavy atom. The van der Waals surface area contributed by atoms with E-state index in [0.29, 0.717) is 23.5 Å². The lowest BCUT2D eigenvalue weighted by molar-refractivity contribution is -0.117. The minimum atomic E-state index is -0.0114. The Balaban J connectivity index is 1.47. The van der Waals surface area contributed by atoms with Crippen LogP contribution in [-0.2, 0) is 4.79 Å². The molecule has 0 atom stereocenters. The maximum absolute atomic E-state index is 12.1. The van der Waals surface area contributed by atoms with Crippen LogP contribution in [0, 0.1) is 6.92 Å². The van der Waals surface area contributed by atoms with Crippen molar-refractivity contribution in [3.63, 3.8) is 0 Å². The quantitative estimate of drug-likeness (QED) is 0.893. The Kier molecular flexibility index (Phi) is 5.25. The van der Waals surface area contributed by atoms with E-state index < -0.39 is 0 Å². The molecule has 130 valence electrons. The minimum Gasteiger partial charge on any atom is -0.425 e. The average molecular weight is 349 g/mol. The summed E-state index contributed by atoms with van der Waals surface area (Å²) in [5.74, 6) is 1.98. The molecule has 3 rings (SSSR count). The zero-order chi connectivity index (χ0) is 17.1. The van der Waals surface area contributed by atoms with Gasteiger partial charge < -0.3 is 9.73 Å². The Morgan fingerprint density at radius 3 is 2.75 bits per heavy atom. The van der Waals surface area contributed by atoms with Crippen LogP contribution in [-0.4, -0.2) is 45.6 Å². The Hall–Kier alpha value is -1.80. The zero-order valence-electron chi connectivity index (χ0n) is 14.3. The number of amides is 1. The van der Waals surface area contributed by atoms with E-state index >= 15 is 0 Å². The van der Waals surface area contributed by atoms with Crippen molar-refractivity contribution in [3.05, 3.63) is 22.9 Å². The SMILES string of the molecule is Cc1csc(NC(=O)CN2CCC(c3nnc(C(C)C)o3)CC2)n1. The zero-order valence-corrected chi connectivity index (χ0v) is 15.1. The van der Waals surface area contributed by atoms with E-state index in [0.717, 1.165) is 37.5 Å². The summed E-state index contributed by atoms with van der Waals surface area (Å²) >= 11 is 1.45. The molecular weight excluding hydrogens is 326 g/mol. The van der Waals surface area contributed by atoms with Crippen LogP contribution < -0.4 is 5.32 Å². The standard InChI is InChI=1S/C16H23N5O2S/c1-10(2)14-19-20-15(23-14)12-4-6-21(7-5-12)8-13(22)18-16-17-11(3)9-24-16/h9-10,12H,4-8H2,1-3H3,(H,17,18,22). The second kappa shape index (κ2) is 7.40. The molecule has 0 bridgehead atoms. The molecule has 3 heterocycles. The number of carbonyl (C=O) groups excluding carboxylic acids is 1. The van der Waals surface area contributed by atoms with E-state index in [9.17, 15) is 4.79 Å². The highest BCUT2D eigenvalue weighted by Gasteiger charge is 2.26. The molecule has 1 amide bonds. The van der Waals surface area contributed by atoms with Gasteiger partial charge in [-0.15, -0.1) is 21.5 Å². The number of hydrogen-bond donors (Lipinski definition) is 1. The fraction of sp³-hybridized carbons (Fsp3) is 0.625. The van der Waals surface area contributed by atoms with Crippen molar-refractivity contribution in [2.45, 2.75) is 45.4 Å². The number of likely N-dealkylation sites (tertiary alicyclic amines) is 1. The molecule has 1 saturated heterocycles. The van der Waals surface area contributed by atoms with Crippen molar-refractivity contribution in [2.24, 2.45) is 0 Å². The molecular formula is C16H23N5O2S. The van der Waals surface area contributed by atoms with Crippen LogP contribution in [0.5, 0.6) is 0 Å². The fourth-order valence-corrected chi connectivity index (χ4v) is 3.46. The van der Waals surface area contributed by atoms with Gasteiger partial charge in [-0.05, 0) is 32.9 Å². The second-order valence-electron chi connectivity index (χ2n) is 6.53. The molecule has 1 aliphatic rings. The first kappa shape index (κ1) is 17.0. The van der Waals surface area contributed by atoms with Crippen LogP contribution in [0.15, 0.2) is 9.80 Å². The van der Waals surface area contributed by atoms with E-state index in [4.69, 9.17) is 4.42 Å². The molecule has 0 unspecified atom stereocenters. The van der Waals surface area contributed by atoms with Gasteiger partial charge in [-0.1, -0.05) is 13.8 Å². The first-order valence-electron chi connectivity index (χ1n) is 8.29. The van der Waals surface area contributed by atoms with Gasteiger partial charge in [0.2, 0.25) is 17.7 Å². The van der Waals surface area contributed by atoms with Crippen LogP contribution in [0.4, 0.5) is 5.13 Å². The molecule has 0 radical (unpaired) electrons. The van der Waals surface area contributed by atoms with Crippen molar-refractivity contribution < 1.29 is 9.21 Å². The number of aromatic nitrogens is 3. The third-order valence-corrected chi connectivity index (χ3v) is 5.00. The van der Waals surface area contributed by atoms with E-state index in [1.807, 2.05) is 26.2 Å². The van der Waals surface area contributed by atoms with Crippen LogP contribution in [0.2, 0.25) is 0 Å². The van der Waals surface area contributed by atoms with Crippen molar-refractivity contribution in [2.75, 3.05) is 25.0 Å². The monoisotopic (exact) mass is 349 g/mol. The smallest absolute Gasteiger partial charge is 0.240 e. The van der Waals surface area contributed by atoms with E-state index in [1.54, 1.807) is 0 Å². The molecule has 0 aromatic carbocycles. The van der Waals surface area contributed by atoms with Crippen molar-refractivity contribution in [1.29, 1.82) is 0 Å². The second-order valence-corrected chi connectivity index (χ2v) is 7.38. The molecule has 0 aliphatic carbocycles. The number of hydrogen-bond acceptors (Lipinski definition) is 7. The van der Waals surface area contributed by atoms with Crippen LogP contribution in [0.1, 0.15) is 56.0 Å². The lowest BCUT2D eigenvalue weighted by Gasteiger charge is -2.29. The van der Waals surface area contributed by atoms with Crippen molar-refractivity contribution in [1.82, 2.24) is 20.1 Å². The number of aryl methyl sites for hydroxylation is 1. The molecule has 2 aromatic heterocycles. The van der Waals surface area contributed by atoms with E-state index in [1.165, 1.54) is 11.3 Å². The summed E-state index contributed by atoms with van der Waals surface area (Å²) in [7, 11) is 0. The van der Waals surface area contributed by atoms with Crippen LogP contribution in [0.3, 0.4) is 0 Å². The molecule has 0 saturated carbocycles. The van der Waals surface area contributed by atoms with Crippen molar-refractivity contribution in [3.8, 4) is 0 Å². The van der Waals surface area contributed by atoms with E-state index in [-0.39, 0.29) is 11.8 Å². The number of thiazole rings is 1. The summed E-state index contributed by atoms with van der Waals surface area (Å²) in [6, 6.07) is 0. The Morgan fingerprint density at radius 2 is 2.17 bits per heavy atom. The van der Waals surface area contributed by atoms with Crippen LogP contribution >= 0.6 is 11.3 Å². The topological polar surface area (TPSA) is 84.2 Å². The van der Waals surface area contributed by atoms with E-state index in [2.05, 4.69) is 25.4 Å². The highest BCUT2D eigenvalue weighted by molar-refractivity contribution is 7.13. The number of nitrogens with one attached hydrogen (secondary N) is 1. The molecule has 1 aliphatic heterocycles. The predicted molar refractivity (Wildman–Crippen MR) is 92.3 cm³/mol. The summed E-state index contributed by atoms with van der Waals surface area (Å²) in [5, 5.41) is 13.7. The van der Waals surface area contributed by atoms with Gasteiger partial charge in [0.25, 0.3) is 0 Å². The number of carbonyl (C=O) groups is 1. The Bertz CT molecular complexity index is 688. The van der Waals surface area contributed by atoms with Gasteiger partial charge in [0.15, 0.2) is 5.13 Å². The molecule has 1 fully saturated rings. The summed E-state index contributed by atoms with van der Waals surface area (Å²) in [6.45, 7) is 8.11. The summed E-state index contributed by atoms with van der Waals surface area (Å²) in [4.78, 5) is 18.5. The number of nitrogens with zero attached hydrogens (tertiary/aromatic N) is 4. The first-order chi connectivity index (χ1) is 11.5. The maximum atomic E-state index is 12.1. The lowest BCUT2D eigenvalue weighted by atomic mass is 9.97. The molecule has 0 spiro atoms. The largest absolute Gasteiger partial charge is 0.425 e. The number of rotatable bonds is 5. The number of piperidine rings is 1. The molecule has 2 aromatic rings. The highest BCUT2D eigenvalue weighted by atomic mass is 32.1. The summed E-state index contributed by atoms with van der Waals surface area (Å²) in [5.41, 5.74) is 0.927. The molecule has 24 heavy (non-hydrogen) atoms. The van der Waals surface area contributed by atoms with Gasteiger partial charge in [-0.2, -0.15) is 0 Å². The average Bonchev–Trinajstić information content (AvgIpc) is 3.17. The van der Waals surface area contributed by atoms with Gasteiger partial charge in [-0.3, -0.25) is 9.69 Å². The third kappa shape index (κ3) is 4.18. The normalized spacial score (nSPS) is 16.7. The summed E-state index contributed by atoms with van der Waals surface area (Å²) in [6.07, 6.45) is 1.87. The summed E-state index contributed by atoms with van der Waals surface area (Å²) < 4.78 is 5.76. The molecule has 1 N–H and O–H groups in total. The number of anilines is 1. The van der Waals surface area contributed by atoms with Gasteiger partial charge in [-0.25, -0.2) is 4.98 Å². The van der Waals surface area contributed by atoms with Gasteiger partial charge in [0.1, 0.15) is 0 Å². The van der Waals surface area contributed by atoms with Gasteiger partial charge in [0.05, 0.1) is 12.2 Å². The van der Waals surface area contributed by atoms with Crippen molar-refractivity contribution >= 4 is 22.4 Å². The minimum absolute atomic E-state index is 0.0114. The molecule has 7 nitrogen and oxygen atoms in total. The highest BCUT2D eigenvalue weighted by Crippen LogP contribution is 2.28. The first-order valence-corrected chi connectivity index (χ1v) is 9.17. The third-order valence-electron chi connectivity index (χ3n) is 4.12. The fourth-order valence-electron chi connectivity index (χ4n) is 2.76. The van der Waals surface area contributed by atoms with Gasteiger partial charge >= 0.3 is 0 Å².